The second kappa shape index (κ2) is 11.1. The predicted octanol–water partition coefficient (Wildman–Crippen LogP) is 6.36. The van der Waals surface area contributed by atoms with Crippen molar-refractivity contribution in [3.8, 4) is 11.1 Å². The van der Waals surface area contributed by atoms with Crippen molar-refractivity contribution in [2.45, 2.75) is 62.9 Å². The third-order valence-electron chi connectivity index (χ3n) is 7.48. The molecule has 2 aromatic heterocycles. The highest BCUT2D eigenvalue weighted by atomic mass is 32.2. The zero-order chi connectivity index (χ0) is 30.4. The molecule has 0 amide bonds. The van der Waals surface area contributed by atoms with Crippen LogP contribution in [0.4, 0.5) is 17.6 Å². The maximum atomic E-state index is 14.1. The van der Waals surface area contributed by atoms with E-state index in [0.717, 1.165) is 22.5 Å². The minimum atomic E-state index is -4.48. The number of sulfonamides is 1. The predicted molar refractivity (Wildman–Crippen MR) is 148 cm³/mol. The minimum Gasteiger partial charge on any atom is -0.443 e. The number of fused-ring (bicyclic) bond motifs is 1. The number of pyridine rings is 1. The number of aryl methyl sites for hydroxylation is 1. The third-order valence-corrected chi connectivity index (χ3v) is 9.25. The van der Waals surface area contributed by atoms with Gasteiger partial charge in [0.2, 0.25) is 5.09 Å². The lowest BCUT2D eigenvalue weighted by Crippen LogP contribution is -2.40. The molecule has 1 saturated heterocycles. The van der Waals surface area contributed by atoms with Gasteiger partial charge in [-0.2, -0.15) is 17.5 Å². The first-order valence-electron chi connectivity index (χ1n) is 13.4. The van der Waals surface area contributed by atoms with Crippen LogP contribution in [0.3, 0.4) is 0 Å². The smallest absolute Gasteiger partial charge is 0.416 e. The van der Waals surface area contributed by atoms with Crippen LogP contribution in [0.1, 0.15) is 50.3 Å². The SMILES string of the molecule is CC(C)n1cc(-c2ccc(C(F)(F)F)cc2)cc(CCC(=O)[C@@H]2CCCN2S(=O)(=O)c2cc3c(F)cccc3o2)c1=O. The number of ketones is 1. The van der Waals surface area contributed by atoms with E-state index in [1.807, 2.05) is 0 Å². The van der Waals surface area contributed by atoms with Crippen molar-refractivity contribution in [3.63, 3.8) is 0 Å². The molecule has 0 aliphatic carbocycles. The van der Waals surface area contributed by atoms with Gasteiger partial charge < -0.3 is 8.98 Å². The molecule has 2 aromatic carbocycles. The molecule has 1 fully saturated rings. The van der Waals surface area contributed by atoms with Gasteiger partial charge in [-0.25, -0.2) is 12.8 Å². The molecular weight excluding hydrogens is 576 g/mol. The number of halogens is 4. The summed E-state index contributed by atoms with van der Waals surface area (Å²) in [6, 6.07) is 10.1. The van der Waals surface area contributed by atoms with Crippen LogP contribution in [-0.2, 0) is 27.4 Å². The van der Waals surface area contributed by atoms with Gasteiger partial charge in [0.25, 0.3) is 15.6 Å². The number of aromatic nitrogens is 1. The number of carbonyl (C=O) groups excluding carboxylic acids is 1. The molecule has 1 atom stereocenters. The number of nitrogens with zero attached hydrogens (tertiary/aromatic N) is 2. The average Bonchev–Trinajstić information content (AvgIpc) is 3.61. The molecule has 1 aliphatic heterocycles. The number of carbonyl (C=O) groups is 1. The lowest BCUT2D eigenvalue weighted by Gasteiger charge is -2.22. The Morgan fingerprint density at radius 3 is 2.43 bits per heavy atom. The van der Waals surface area contributed by atoms with Gasteiger partial charge in [0.05, 0.1) is 17.0 Å². The lowest BCUT2D eigenvalue weighted by atomic mass is 9.99. The van der Waals surface area contributed by atoms with E-state index < -0.39 is 38.7 Å². The van der Waals surface area contributed by atoms with E-state index in [4.69, 9.17) is 4.42 Å². The van der Waals surface area contributed by atoms with Gasteiger partial charge in [-0.1, -0.05) is 18.2 Å². The molecule has 42 heavy (non-hydrogen) atoms. The summed E-state index contributed by atoms with van der Waals surface area (Å²) in [4.78, 5) is 26.5. The zero-order valence-electron chi connectivity index (χ0n) is 22.8. The number of hydrogen-bond donors (Lipinski definition) is 0. The summed E-state index contributed by atoms with van der Waals surface area (Å²) >= 11 is 0. The highest BCUT2D eigenvalue weighted by Gasteiger charge is 2.40. The standard InChI is InChI=1S/C30H28F4N2O5S/c1-18(2)35-17-21(19-8-11-22(12-9-19)30(32,33)34)15-20(29(35)38)10-13-26(37)25-6-4-14-36(25)42(39,40)28-16-23-24(31)5-3-7-27(23)41-28/h3,5,7-9,11-12,15-18,25H,4,6,10,13-14H2,1-2H3/t25-/m0/s1. The number of benzene rings is 2. The number of rotatable bonds is 8. The summed E-state index contributed by atoms with van der Waals surface area (Å²) < 4.78 is 88.0. The van der Waals surface area contributed by atoms with E-state index >= 15 is 0 Å². The van der Waals surface area contributed by atoms with Crippen molar-refractivity contribution in [1.29, 1.82) is 0 Å². The van der Waals surface area contributed by atoms with Crippen LogP contribution < -0.4 is 5.56 Å². The normalized spacial score (nSPS) is 16.5. The van der Waals surface area contributed by atoms with E-state index in [-0.39, 0.29) is 59.7 Å². The molecule has 0 radical (unpaired) electrons. The number of alkyl halides is 3. The van der Waals surface area contributed by atoms with Gasteiger partial charge in [-0.05, 0) is 74.6 Å². The average molecular weight is 605 g/mol. The van der Waals surface area contributed by atoms with Crippen LogP contribution in [0, 0.1) is 5.82 Å². The first-order valence-corrected chi connectivity index (χ1v) is 14.9. The van der Waals surface area contributed by atoms with E-state index in [1.54, 1.807) is 26.1 Å². The molecule has 4 aromatic rings. The summed E-state index contributed by atoms with van der Waals surface area (Å²) in [5, 5.41) is -0.432. The van der Waals surface area contributed by atoms with Crippen molar-refractivity contribution in [2.75, 3.05) is 6.54 Å². The van der Waals surface area contributed by atoms with E-state index in [1.165, 1.54) is 34.9 Å². The molecule has 0 saturated carbocycles. The van der Waals surface area contributed by atoms with Gasteiger partial charge in [0, 0.05) is 36.8 Å². The fourth-order valence-corrected chi connectivity index (χ4v) is 6.87. The maximum Gasteiger partial charge on any atom is 0.416 e. The van der Waals surface area contributed by atoms with E-state index in [2.05, 4.69) is 0 Å². The molecule has 12 heteroatoms. The van der Waals surface area contributed by atoms with Crippen LogP contribution in [0.15, 0.2) is 75.1 Å². The summed E-state index contributed by atoms with van der Waals surface area (Å²) in [7, 11) is -4.24. The van der Waals surface area contributed by atoms with Crippen molar-refractivity contribution in [2.24, 2.45) is 0 Å². The molecule has 222 valence electrons. The molecule has 3 heterocycles. The van der Waals surface area contributed by atoms with Gasteiger partial charge in [0.15, 0.2) is 5.78 Å². The first kappa shape index (κ1) is 29.7. The monoisotopic (exact) mass is 604 g/mol. The molecule has 0 N–H and O–H groups in total. The van der Waals surface area contributed by atoms with Gasteiger partial charge in [-0.3, -0.25) is 9.59 Å². The quantitative estimate of drug-likeness (QED) is 0.219. The molecule has 0 unspecified atom stereocenters. The van der Waals surface area contributed by atoms with Gasteiger partial charge in [0.1, 0.15) is 11.4 Å². The van der Waals surface area contributed by atoms with Crippen molar-refractivity contribution >= 4 is 26.8 Å². The topological polar surface area (TPSA) is 89.6 Å². The molecule has 7 nitrogen and oxygen atoms in total. The van der Waals surface area contributed by atoms with Crippen LogP contribution in [0.2, 0.25) is 0 Å². The maximum absolute atomic E-state index is 14.1. The van der Waals surface area contributed by atoms with Crippen LogP contribution in [0.25, 0.3) is 22.1 Å². The fourth-order valence-electron chi connectivity index (χ4n) is 5.25. The van der Waals surface area contributed by atoms with E-state index in [9.17, 15) is 35.6 Å². The largest absolute Gasteiger partial charge is 0.443 e. The van der Waals surface area contributed by atoms with Gasteiger partial charge >= 0.3 is 6.18 Å². The Morgan fingerprint density at radius 1 is 1.07 bits per heavy atom. The van der Waals surface area contributed by atoms with Crippen molar-refractivity contribution < 1.29 is 35.2 Å². The zero-order valence-corrected chi connectivity index (χ0v) is 23.6. The van der Waals surface area contributed by atoms with Crippen LogP contribution in [-0.4, -0.2) is 35.7 Å². The Labute approximate surface area is 239 Å². The Kier molecular flexibility index (Phi) is 7.88. The first-order chi connectivity index (χ1) is 19.8. The molecule has 0 spiro atoms. The summed E-state index contributed by atoms with van der Waals surface area (Å²) in [5.41, 5.74) is 0.216. The molecule has 5 rings (SSSR count). The lowest BCUT2D eigenvalue weighted by molar-refractivity contribution is -0.137. The third kappa shape index (κ3) is 5.65. The number of Topliss-reactive ketones (excluding diaryl/α,β-unsaturated/α-hetero) is 1. The Bertz CT molecular complexity index is 1810. The Hall–Kier alpha value is -3.77. The minimum absolute atomic E-state index is 0.0130. The molecule has 1 aliphatic rings. The summed E-state index contributed by atoms with van der Waals surface area (Å²) in [6.07, 6.45) is -2.30. The van der Waals surface area contributed by atoms with Crippen LogP contribution >= 0.6 is 0 Å². The van der Waals surface area contributed by atoms with Crippen molar-refractivity contribution in [1.82, 2.24) is 8.87 Å². The molecule has 0 bridgehead atoms. The highest BCUT2D eigenvalue weighted by molar-refractivity contribution is 7.89. The Morgan fingerprint density at radius 2 is 1.79 bits per heavy atom. The van der Waals surface area contributed by atoms with Crippen molar-refractivity contribution in [3.05, 3.63) is 88.1 Å². The summed E-state index contributed by atoms with van der Waals surface area (Å²) in [6.45, 7) is 3.66. The van der Waals surface area contributed by atoms with E-state index in [0.29, 0.717) is 17.5 Å². The highest BCUT2D eigenvalue weighted by Crippen LogP contribution is 2.33. The second-order valence-electron chi connectivity index (χ2n) is 10.6. The fraction of sp³-hybridized carbons (Fsp3) is 0.333. The summed E-state index contributed by atoms with van der Waals surface area (Å²) in [5.74, 6) is -1.01. The second-order valence-corrected chi connectivity index (χ2v) is 12.4. The molecular formula is C30H28F4N2O5S. The van der Waals surface area contributed by atoms with Gasteiger partial charge in [-0.15, -0.1) is 0 Å². The van der Waals surface area contributed by atoms with Crippen LogP contribution in [0.5, 0.6) is 0 Å². The Balaban J connectivity index is 1.38. The number of hydrogen-bond acceptors (Lipinski definition) is 5. The number of furan rings is 1.